The Kier molecular flexibility index (Phi) is 5.97. The standard InChI is InChI=1S/C15H23N3O4S/c1-23(21,22)18-8-6-14(11-18)17-15(20)16-10-13-4-2-12(3-5-13)7-9-19/h2-5,14,19H,6-11H2,1H3,(H2,16,17,20). The lowest BCUT2D eigenvalue weighted by Gasteiger charge is -2.15. The molecule has 8 heteroatoms. The molecular weight excluding hydrogens is 318 g/mol. The normalized spacial score (nSPS) is 18.8. The molecule has 1 aliphatic heterocycles. The summed E-state index contributed by atoms with van der Waals surface area (Å²) in [7, 11) is -3.19. The lowest BCUT2D eigenvalue weighted by Crippen LogP contribution is -2.43. The number of rotatable bonds is 6. The van der Waals surface area contributed by atoms with Crippen molar-refractivity contribution >= 4 is 16.1 Å². The van der Waals surface area contributed by atoms with Gasteiger partial charge in [-0.3, -0.25) is 0 Å². The molecular formula is C15H23N3O4S. The highest BCUT2D eigenvalue weighted by Crippen LogP contribution is 2.12. The Labute approximate surface area is 136 Å². The summed E-state index contributed by atoms with van der Waals surface area (Å²) in [6.45, 7) is 1.28. The van der Waals surface area contributed by atoms with Crippen molar-refractivity contribution in [3.8, 4) is 0 Å². The van der Waals surface area contributed by atoms with Crippen LogP contribution in [0, 0.1) is 0 Å². The SMILES string of the molecule is CS(=O)(=O)N1CCC(NC(=O)NCc2ccc(CCO)cc2)C1. The molecule has 2 amide bonds. The Hall–Kier alpha value is -1.64. The molecule has 0 saturated carbocycles. The van der Waals surface area contributed by atoms with E-state index >= 15 is 0 Å². The minimum atomic E-state index is -3.19. The molecule has 7 nitrogen and oxygen atoms in total. The van der Waals surface area contributed by atoms with Gasteiger partial charge in [-0.15, -0.1) is 0 Å². The van der Waals surface area contributed by atoms with Crippen LogP contribution in [0.15, 0.2) is 24.3 Å². The van der Waals surface area contributed by atoms with Gasteiger partial charge in [0.1, 0.15) is 0 Å². The molecule has 2 rings (SSSR count). The number of hydrogen-bond acceptors (Lipinski definition) is 4. The van der Waals surface area contributed by atoms with Crippen molar-refractivity contribution in [1.29, 1.82) is 0 Å². The molecule has 0 spiro atoms. The summed E-state index contributed by atoms with van der Waals surface area (Å²) >= 11 is 0. The Balaban J connectivity index is 1.75. The number of hydrogen-bond donors (Lipinski definition) is 3. The van der Waals surface area contributed by atoms with E-state index in [4.69, 9.17) is 5.11 Å². The number of sulfonamides is 1. The van der Waals surface area contributed by atoms with Crippen LogP contribution in [-0.2, 0) is 23.0 Å². The van der Waals surface area contributed by atoms with Crippen LogP contribution in [0.3, 0.4) is 0 Å². The number of nitrogens with one attached hydrogen (secondary N) is 2. The molecule has 0 radical (unpaired) electrons. The van der Waals surface area contributed by atoms with Gasteiger partial charge in [0.05, 0.1) is 6.26 Å². The number of aliphatic hydroxyl groups excluding tert-OH is 1. The van der Waals surface area contributed by atoms with Crippen LogP contribution in [0.5, 0.6) is 0 Å². The van der Waals surface area contributed by atoms with Crippen LogP contribution in [0.1, 0.15) is 17.5 Å². The van der Waals surface area contributed by atoms with E-state index in [0.29, 0.717) is 32.5 Å². The molecule has 23 heavy (non-hydrogen) atoms. The van der Waals surface area contributed by atoms with Crippen molar-refractivity contribution in [2.24, 2.45) is 0 Å². The van der Waals surface area contributed by atoms with Crippen molar-refractivity contribution in [3.63, 3.8) is 0 Å². The Morgan fingerprint density at radius 1 is 1.30 bits per heavy atom. The molecule has 1 aromatic rings. The number of nitrogens with zero attached hydrogens (tertiary/aromatic N) is 1. The summed E-state index contributed by atoms with van der Waals surface area (Å²) in [6, 6.07) is 7.21. The quantitative estimate of drug-likeness (QED) is 0.681. The van der Waals surface area contributed by atoms with Gasteiger partial charge in [0.2, 0.25) is 10.0 Å². The number of aliphatic hydroxyl groups is 1. The van der Waals surface area contributed by atoms with Gasteiger partial charge in [-0.05, 0) is 24.0 Å². The third kappa shape index (κ3) is 5.49. The Bertz CT molecular complexity index is 631. The summed E-state index contributed by atoms with van der Waals surface area (Å²) in [6.07, 6.45) is 2.42. The molecule has 0 aromatic heterocycles. The predicted molar refractivity (Wildman–Crippen MR) is 87.4 cm³/mol. The zero-order chi connectivity index (χ0) is 16.9. The van der Waals surface area contributed by atoms with Gasteiger partial charge in [0.25, 0.3) is 0 Å². The number of benzene rings is 1. The molecule has 0 aliphatic carbocycles. The lowest BCUT2D eigenvalue weighted by molar-refractivity contribution is 0.237. The third-order valence-electron chi connectivity index (χ3n) is 3.83. The summed E-state index contributed by atoms with van der Waals surface area (Å²) in [4.78, 5) is 11.9. The third-order valence-corrected chi connectivity index (χ3v) is 5.10. The molecule has 1 unspecified atom stereocenters. The van der Waals surface area contributed by atoms with Gasteiger partial charge in [-0.2, -0.15) is 0 Å². The molecule has 1 saturated heterocycles. The van der Waals surface area contributed by atoms with Gasteiger partial charge >= 0.3 is 6.03 Å². The average Bonchev–Trinajstić information content (AvgIpc) is 2.95. The van der Waals surface area contributed by atoms with Crippen LogP contribution in [0.4, 0.5) is 4.79 Å². The Morgan fingerprint density at radius 3 is 2.52 bits per heavy atom. The first-order chi connectivity index (χ1) is 10.9. The minimum Gasteiger partial charge on any atom is -0.396 e. The average molecular weight is 341 g/mol. The van der Waals surface area contributed by atoms with E-state index in [1.54, 1.807) is 0 Å². The van der Waals surface area contributed by atoms with E-state index < -0.39 is 10.0 Å². The highest BCUT2D eigenvalue weighted by atomic mass is 32.2. The number of urea groups is 1. The predicted octanol–water partition coefficient (Wildman–Crippen LogP) is 0.0545. The second-order valence-corrected chi connectivity index (χ2v) is 7.71. The summed E-state index contributed by atoms with van der Waals surface area (Å²) < 4.78 is 24.2. The first kappa shape index (κ1) is 17.7. The fourth-order valence-corrected chi connectivity index (χ4v) is 3.41. The van der Waals surface area contributed by atoms with Crippen molar-refractivity contribution in [2.75, 3.05) is 26.0 Å². The van der Waals surface area contributed by atoms with Gasteiger partial charge in [-0.25, -0.2) is 17.5 Å². The van der Waals surface area contributed by atoms with Crippen molar-refractivity contribution in [2.45, 2.75) is 25.4 Å². The van der Waals surface area contributed by atoms with Crippen molar-refractivity contribution in [1.82, 2.24) is 14.9 Å². The van der Waals surface area contributed by atoms with Crippen molar-refractivity contribution < 1.29 is 18.3 Å². The highest BCUT2D eigenvalue weighted by molar-refractivity contribution is 7.88. The molecule has 1 heterocycles. The number of carbonyl (C=O) groups is 1. The topological polar surface area (TPSA) is 98.7 Å². The molecule has 1 aliphatic rings. The number of amides is 2. The maximum atomic E-state index is 11.9. The van der Waals surface area contributed by atoms with Crippen LogP contribution < -0.4 is 10.6 Å². The van der Waals surface area contributed by atoms with Crippen LogP contribution in [0.25, 0.3) is 0 Å². The van der Waals surface area contributed by atoms with Gasteiger partial charge in [0, 0.05) is 32.3 Å². The molecule has 3 N–H and O–H groups in total. The first-order valence-electron chi connectivity index (χ1n) is 7.56. The lowest BCUT2D eigenvalue weighted by atomic mass is 10.1. The molecule has 128 valence electrons. The van der Waals surface area contributed by atoms with E-state index in [2.05, 4.69) is 10.6 Å². The smallest absolute Gasteiger partial charge is 0.315 e. The van der Waals surface area contributed by atoms with E-state index in [1.165, 1.54) is 10.6 Å². The van der Waals surface area contributed by atoms with Crippen molar-refractivity contribution in [3.05, 3.63) is 35.4 Å². The van der Waals surface area contributed by atoms with E-state index in [-0.39, 0.29) is 18.7 Å². The highest BCUT2D eigenvalue weighted by Gasteiger charge is 2.29. The van der Waals surface area contributed by atoms with Gasteiger partial charge in [-0.1, -0.05) is 24.3 Å². The minimum absolute atomic E-state index is 0.117. The zero-order valence-corrected chi connectivity index (χ0v) is 14.0. The van der Waals surface area contributed by atoms with E-state index in [9.17, 15) is 13.2 Å². The summed E-state index contributed by atoms with van der Waals surface area (Å²) in [5.41, 5.74) is 2.01. The maximum Gasteiger partial charge on any atom is 0.315 e. The number of carbonyl (C=O) groups excluding carboxylic acids is 1. The molecule has 1 atom stereocenters. The summed E-state index contributed by atoms with van der Waals surface area (Å²) in [5, 5.41) is 14.4. The zero-order valence-electron chi connectivity index (χ0n) is 13.2. The Morgan fingerprint density at radius 2 is 1.96 bits per heavy atom. The second kappa shape index (κ2) is 7.76. The molecule has 0 bridgehead atoms. The monoisotopic (exact) mass is 341 g/mol. The second-order valence-electron chi connectivity index (χ2n) is 5.72. The largest absolute Gasteiger partial charge is 0.396 e. The molecule has 1 aromatic carbocycles. The fraction of sp³-hybridized carbons (Fsp3) is 0.533. The first-order valence-corrected chi connectivity index (χ1v) is 9.41. The van der Waals surface area contributed by atoms with Crippen LogP contribution in [0.2, 0.25) is 0 Å². The van der Waals surface area contributed by atoms with E-state index in [1.807, 2.05) is 24.3 Å². The van der Waals surface area contributed by atoms with E-state index in [0.717, 1.165) is 11.1 Å². The van der Waals surface area contributed by atoms with Crippen LogP contribution >= 0.6 is 0 Å². The summed E-state index contributed by atoms with van der Waals surface area (Å²) in [5.74, 6) is 0. The van der Waals surface area contributed by atoms with Gasteiger partial charge in [0.15, 0.2) is 0 Å². The fourth-order valence-electron chi connectivity index (χ4n) is 2.52. The van der Waals surface area contributed by atoms with Gasteiger partial charge < -0.3 is 15.7 Å². The van der Waals surface area contributed by atoms with Crippen LogP contribution in [-0.4, -0.2) is 55.9 Å². The maximum absolute atomic E-state index is 11.9. The molecule has 1 fully saturated rings.